The van der Waals surface area contributed by atoms with Crippen molar-refractivity contribution in [2.24, 2.45) is 0 Å². The average molecular weight is 502 g/mol. The number of benzene rings is 2. The van der Waals surface area contributed by atoms with E-state index >= 15 is 0 Å². The number of nitrogens with one attached hydrogen (secondary N) is 2. The Hall–Kier alpha value is -1.65. The highest BCUT2D eigenvalue weighted by molar-refractivity contribution is 7.16. The number of rotatable bonds is 8. The van der Waals surface area contributed by atoms with Gasteiger partial charge >= 0.3 is 4.87 Å². The highest BCUT2D eigenvalue weighted by Crippen LogP contribution is 2.31. The van der Waals surface area contributed by atoms with Crippen LogP contribution in [0.1, 0.15) is 22.8 Å². The largest absolute Gasteiger partial charge is 0.506 e. The van der Waals surface area contributed by atoms with Crippen LogP contribution < -0.4 is 10.2 Å². The monoisotopic (exact) mass is 501 g/mol. The Balaban J connectivity index is 0.00000181. The van der Waals surface area contributed by atoms with Crippen LogP contribution in [0.15, 0.2) is 41.2 Å². The number of nitrogens with zero attached hydrogens (tertiary/aromatic N) is 1. The molecular weight excluding hydrogens is 473 g/mol. The molecule has 2 aromatic carbocycles. The van der Waals surface area contributed by atoms with E-state index in [1.807, 2.05) is 0 Å². The second kappa shape index (κ2) is 12.6. The zero-order valence-electron chi connectivity index (χ0n) is 17.6. The minimum atomic E-state index is -0.757. The van der Waals surface area contributed by atoms with E-state index in [1.54, 1.807) is 6.07 Å². The molecule has 0 unspecified atom stereocenters. The summed E-state index contributed by atoms with van der Waals surface area (Å²) in [6.07, 6.45) is 0.110. The number of phenols is 1. The second-order valence-electron chi connectivity index (χ2n) is 7.57. The number of hydrogen-bond donors (Lipinski definition) is 4. The van der Waals surface area contributed by atoms with Crippen LogP contribution in [0.5, 0.6) is 5.75 Å². The van der Waals surface area contributed by atoms with Crippen LogP contribution in [0.4, 0.5) is 0 Å². The molecular formula is C22H29Cl2N3O4S. The van der Waals surface area contributed by atoms with E-state index in [1.165, 1.54) is 17.2 Å². The lowest BCUT2D eigenvalue weighted by Crippen LogP contribution is -2.35. The summed E-state index contributed by atoms with van der Waals surface area (Å²) in [7, 11) is 0. The molecule has 1 aliphatic heterocycles. The molecule has 4 N–H and O–H groups in total. The molecule has 0 spiro atoms. The van der Waals surface area contributed by atoms with Gasteiger partial charge in [-0.05, 0) is 30.2 Å². The number of aromatic amines is 1. The predicted octanol–water partition coefficient (Wildman–Crippen LogP) is 2.84. The molecule has 176 valence electrons. The number of thiazole rings is 1. The number of morpholine rings is 1. The van der Waals surface area contributed by atoms with Crippen LogP contribution in [0.25, 0.3) is 10.2 Å². The molecule has 0 saturated carbocycles. The van der Waals surface area contributed by atoms with Gasteiger partial charge in [-0.1, -0.05) is 41.7 Å². The Morgan fingerprint density at radius 2 is 1.91 bits per heavy atom. The first kappa shape index (κ1) is 26.6. The van der Waals surface area contributed by atoms with E-state index in [0.29, 0.717) is 22.3 Å². The number of aromatic nitrogens is 1. The maximum absolute atomic E-state index is 11.6. The zero-order valence-corrected chi connectivity index (χ0v) is 20.0. The van der Waals surface area contributed by atoms with Gasteiger partial charge < -0.3 is 25.3 Å². The van der Waals surface area contributed by atoms with Crippen molar-refractivity contribution in [3.63, 3.8) is 0 Å². The first-order valence-electron chi connectivity index (χ1n) is 10.2. The zero-order chi connectivity index (χ0) is 20.9. The Labute approximate surface area is 203 Å². The molecule has 1 saturated heterocycles. The number of hydrogen-bond acceptors (Lipinski definition) is 7. The minimum Gasteiger partial charge on any atom is -0.506 e. The van der Waals surface area contributed by atoms with Crippen molar-refractivity contribution in [2.75, 3.05) is 39.4 Å². The normalized spacial score (nSPS) is 15.2. The first-order valence-corrected chi connectivity index (χ1v) is 11.0. The maximum atomic E-state index is 11.6. The summed E-state index contributed by atoms with van der Waals surface area (Å²) in [5.41, 5.74) is 3.60. The van der Waals surface area contributed by atoms with Gasteiger partial charge in [-0.3, -0.25) is 9.69 Å². The molecule has 2 heterocycles. The van der Waals surface area contributed by atoms with E-state index in [9.17, 15) is 15.0 Å². The SMILES string of the molecule is Cl.Cl.O=c1[nH]c2c(O)ccc([C@@H](O)CNCCc3cccc(CN4CCOCC4)c3)c2s1. The minimum absolute atomic E-state index is 0. The van der Waals surface area contributed by atoms with Crippen LogP contribution in [-0.2, 0) is 17.7 Å². The number of aliphatic hydroxyl groups is 1. The molecule has 0 radical (unpaired) electrons. The van der Waals surface area contributed by atoms with Crippen LogP contribution in [-0.4, -0.2) is 59.5 Å². The molecule has 1 fully saturated rings. The summed E-state index contributed by atoms with van der Waals surface area (Å²) < 4.78 is 6.01. The van der Waals surface area contributed by atoms with Gasteiger partial charge in [-0.25, -0.2) is 0 Å². The van der Waals surface area contributed by atoms with Crippen LogP contribution >= 0.6 is 36.2 Å². The van der Waals surface area contributed by atoms with Gasteiger partial charge in [0, 0.05) is 31.7 Å². The summed E-state index contributed by atoms with van der Waals surface area (Å²) >= 11 is 1.00. The van der Waals surface area contributed by atoms with E-state index < -0.39 is 6.10 Å². The van der Waals surface area contributed by atoms with Gasteiger partial charge in [0.15, 0.2) is 0 Å². The fourth-order valence-corrected chi connectivity index (χ4v) is 4.70. The van der Waals surface area contributed by atoms with Crippen LogP contribution in [0.2, 0.25) is 0 Å². The Morgan fingerprint density at radius 1 is 1.16 bits per heavy atom. The Morgan fingerprint density at radius 3 is 2.69 bits per heavy atom. The fourth-order valence-electron chi connectivity index (χ4n) is 3.78. The topological polar surface area (TPSA) is 97.8 Å². The van der Waals surface area contributed by atoms with Gasteiger partial charge in [0.2, 0.25) is 0 Å². The second-order valence-corrected chi connectivity index (χ2v) is 8.55. The molecule has 32 heavy (non-hydrogen) atoms. The van der Waals surface area contributed by atoms with E-state index in [4.69, 9.17) is 4.74 Å². The Bertz CT molecular complexity index is 1050. The predicted molar refractivity (Wildman–Crippen MR) is 133 cm³/mol. The summed E-state index contributed by atoms with van der Waals surface area (Å²) in [5, 5.41) is 23.8. The number of ether oxygens (including phenoxy) is 1. The van der Waals surface area contributed by atoms with Crippen molar-refractivity contribution in [3.8, 4) is 5.75 Å². The standard InChI is InChI=1S/C22H27N3O4S.2ClH/c26-18-5-4-17(21-20(18)24-22(28)30-21)19(27)13-23-7-6-15-2-1-3-16(12-15)14-25-8-10-29-11-9-25;;/h1-5,12,19,23,26-27H,6-11,13-14H2,(H,24,28);2*1H/t19-;;/m0../s1. The first-order chi connectivity index (χ1) is 14.6. The van der Waals surface area contributed by atoms with E-state index in [-0.39, 0.29) is 35.4 Å². The molecule has 1 aromatic heterocycles. The van der Waals surface area contributed by atoms with Crippen molar-refractivity contribution >= 4 is 46.4 Å². The molecule has 0 amide bonds. The van der Waals surface area contributed by atoms with E-state index in [2.05, 4.69) is 39.5 Å². The van der Waals surface area contributed by atoms with Crippen molar-refractivity contribution < 1.29 is 14.9 Å². The average Bonchev–Trinajstić information content (AvgIpc) is 3.15. The molecule has 4 rings (SSSR count). The van der Waals surface area contributed by atoms with Crippen molar-refractivity contribution in [1.29, 1.82) is 0 Å². The van der Waals surface area contributed by atoms with Gasteiger partial charge in [0.1, 0.15) is 11.3 Å². The summed E-state index contributed by atoms with van der Waals surface area (Å²) in [5.74, 6) is 0.0178. The van der Waals surface area contributed by atoms with E-state index in [0.717, 1.165) is 57.2 Å². The number of phenolic OH excluding ortho intramolecular Hbond substituents is 1. The third-order valence-corrected chi connectivity index (χ3v) is 6.31. The van der Waals surface area contributed by atoms with Crippen molar-refractivity contribution in [1.82, 2.24) is 15.2 Å². The van der Waals surface area contributed by atoms with Crippen LogP contribution in [0.3, 0.4) is 0 Å². The van der Waals surface area contributed by atoms with Crippen molar-refractivity contribution in [3.05, 3.63) is 62.8 Å². The molecule has 10 heteroatoms. The lowest BCUT2D eigenvalue weighted by atomic mass is 10.1. The number of fused-ring (bicyclic) bond motifs is 1. The fraction of sp³-hybridized carbons (Fsp3) is 0.409. The van der Waals surface area contributed by atoms with Gasteiger partial charge in [-0.15, -0.1) is 24.8 Å². The molecule has 1 aliphatic rings. The quantitative estimate of drug-likeness (QED) is 0.354. The highest BCUT2D eigenvalue weighted by atomic mass is 35.5. The smallest absolute Gasteiger partial charge is 0.305 e. The number of aromatic hydroxyl groups is 1. The summed E-state index contributed by atoms with van der Waals surface area (Å²) in [6.45, 7) is 5.62. The Kier molecular flexibility index (Phi) is 10.4. The number of H-pyrrole nitrogens is 1. The third-order valence-electron chi connectivity index (χ3n) is 5.38. The highest BCUT2D eigenvalue weighted by Gasteiger charge is 2.16. The lowest BCUT2D eigenvalue weighted by molar-refractivity contribution is 0.0342. The van der Waals surface area contributed by atoms with Gasteiger partial charge in [-0.2, -0.15) is 0 Å². The lowest BCUT2D eigenvalue weighted by Gasteiger charge is -2.26. The van der Waals surface area contributed by atoms with Crippen LogP contribution in [0, 0.1) is 0 Å². The summed E-state index contributed by atoms with van der Waals surface area (Å²) in [6, 6.07) is 11.8. The summed E-state index contributed by atoms with van der Waals surface area (Å²) in [4.78, 5) is 16.4. The number of aliphatic hydroxyl groups excluding tert-OH is 1. The molecule has 7 nitrogen and oxygen atoms in total. The van der Waals surface area contributed by atoms with Crippen molar-refractivity contribution in [2.45, 2.75) is 19.1 Å². The molecule has 0 bridgehead atoms. The molecule has 1 atom stereocenters. The van der Waals surface area contributed by atoms with Gasteiger partial charge in [0.05, 0.1) is 24.0 Å². The maximum Gasteiger partial charge on any atom is 0.305 e. The molecule has 3 aromatic rings. The third kappa shape index (κ3) is 6.68. The van der Waals surface area contributed by atoms with Gasteiger partial charge in [0.25, 0.3) is 0 Å². The molecule has 0 aliphatic carbocycles. The number of halogens is 2.